The second-order valence-electron chi connectivity index (χ2n) is 7.10. The van der Waals surface area contributed by atoms with Crippen molar-refractivity contribution in [1.82, 2.24) is 0 Å². The molecular weight excluding hydrogens is 404 g/mol. The maximum atomic E-state index is 11.6. The van der Waals surface area contributed by atoms with Gasteiger partial charge in [-0.25, -0.2) is 4.79 Å². The molecule has 0 saturated carbocycles. The number of rotatable bonds is 23. The molecule has 0 rings (SSSR count). The first kappa shape index (κ1) is 29.5. The Morgan fingerprint density at radius 2 is 1.03 bits per heavy atom. The van der Waals surface area contributed by atoms with Gasteiger partial charge in [0, 0.05) is 12.0 Å². The maximum Gasteiger partial charge on any atom is 0.333 e. The third-order valence-electron chi connectivity index (χ3n) is 4.15. The van der Waals surface area contributed by atoms with Crippen molar-refractivity contribution in [1.29, 1.82) is 0 Å². The van der Waals surface area contributed by atoms with Crippen LogP contribution in [0.15, 0.2) is 12.2 Å². The lowest BCUT2D eigenvalue weighted by atomic mass is 10.1. The molecule has 0 heterocycles. The lowest BCUT2D eigenvalue weighted by Crippen LogP contribution is -2.15. The van der Waals surface area contributed by atoms with Crippen LogP contribution in [0.3, 0.4) is 0 Å². The molecule has 0 fully saturated rings. The van der Waals surface area contributed by atoms with Crippen molar-refractivity contribution in [3.05, 3.63) is 12.2 Å². The quantitative estimate of drug-likeness (QED) is 0.134. The molecule has 0 unspecified atom stereocenters. The Labute approximate surface area is 187 Å². The summed E-state index contributed by atoms with van der Waals surface area (Å²) in [5.74, 6) is -0.560. The summed E-state index contributed by atoms with van der Waals surface area (Å²) in [5, 5.41) is 0. The topological polar surface area (TPSA) is 89.5 Å². The van der Waals surface area contributed by atoms with Gasteiger partial charge in [-0.05, 0) is 13.3 Å². The van der Waals surface area contributed by atoms with Crippen LogP contribution in [0.5, 0.6) is 0 Å². The van der Waals surface area contributed by atoms with Crippen LogP contribution in [-0.2, 0) is 38.0 Å². The Bertz CT molecular complexity index is 453. The largest absolute Gasteiger partial charge is 0.463 e. The van der Waals surface area contributed by atoms with Gasteiger partial charge in [-0.15, -0.1) is 0 Å². The summed E-state index contributed by atoms with van der Waals surface area (Å²) >= 11 is 0. The van der Waals surface area contributed by atoms with Crippen LogP contribution in [0.4, 0.5) is 0 Å². The fourth-order valence-electron chi connectivity index (χ4n) is 2.41. The minimum Gasteiger partial charge on any atom is -0.463 e. The molecular formula is C23H42O8. The zero-order valence-electron chi connectivity index (χ0n) is 19.5. The van der Waals surface area contributed by atoms with E-state index in [1.165, 1.54) is 25.7 Å². The van der Waals surface area contributed by atoms with Crippen molar-refractivity contribution >= 4 is 11.9 Å². The average molecular weight is 447 g/mol. The Balaban J connectivity index is 3.17. The Morgan fingerprint density at radius 3 is 1.52 bits per heavy atom. The molecule has 31 heavy (non-hydrogen) atoms. The zero-order valence-corrected chi connectivity index (χ0v) is 19.5. The summed E-state index contributed by atoms with van der Waals surface area (Å²) in [6.07, 6.45) is 7.42. The summed E-state index contributed by atoms with van der Waals surface area (Å²) in [7, 11) is 0. The smallest absolute Gasteiger partial charge is 0.333 e. The van der Waals surface area contributed by atoms with Gasteiger partial charge in [0.2, 0.25) is 0 Å². The second kappa shape index (κ2) is 23.2. The minimum absolute atomic E-state index is 0.149. The van der Waals surface area contributed by atoms with Crippen LogP contribution in [-0.4, -0.2) is 78.0 Å². The fourth-order valence-corrected chi connectivity index (χ4v) is 2.41. The van der Waals surface area contributed by atoms with Crippen LogP contribution in [0, 0.1) is 0 Å². The van der Waals surface area contributed by atoms with Crippen molar-refractivity contribution in [2.24, 2.45) is 0 Å². The van der Waals surface area contributed by atoms with E-state index in [0.29, 0.717) is 64.8 Å². The zero-order chi connectivity index (χ0) is 23.0. The summed E-state index contributed by atoms with van der Waals surface area (Å²) in [6, 6.07) is 0. The molecule has 8 heteroatoms. The van der Waals surface area contributed by atoms with Crippen LogP contribution in [0.1, 0.15) is 58.8 Å². The number of carbonyl (C=O) groups is 2. The number of unbranched alkanes of at least 4 members (excludes halogenated alkanes) is 5. The molecule has 0 saturated heterocycles. The molecule has 0 radical (unpaired) electrons. The number of hydrogen-bond acceptors (Lipinski definition) is 8. The molecule has 0 aromatic carbocycles. The van der Waals surface area contributed by atoms with Gasteiger partial charge in [0.15, 0.2) is 0 Å². The fraction of sp³-hybridized carbons (Fsp3) is 0.826. The van der Waals surface area contributed by atoms with E-state index in [2.05, 4.69) is 13.5 Å². The average Bonchev–Trinajstić information content (AvgIpc) is 2.75. The highest BCUT2D eigenvalue weighted by Crippen LogP contribution is 2.07. The SMILES string of the molecule is C=C(C)C(=O)OCCOCCOCCOCCOCCOC(=O)CCCCCCCC. The first-order chi connectivity index (χ1) is 15.1. The molecule has 8 nitrogen and oxygen atoms in total. The monoisotopic (exact) mass is 446 g/mol. The second-order valence-corrected chi connectivity index (χ2v) is 7.10. The Hall–Kier alpha value is -1.48. The highest BCUT2D eigenvalue weighted by atomic mass is 16.6. The van der Waals surface area contributed by atoms with E-state index in [1.54, 1.807) is 6.92 Å². The molecule has 0 aliphatic rings. The van der Waals surface area contributed by atoms with Gasteiger partial charge in [-0.1, -0.05) is 45.6 Å². The molecule has 0 bridgehead atoms. The molecule has 0 atom stereocenters. The van der Waals surface area contributed by atoms with Crippen LogP contribution >= 0.6 is 0 Å². The number of carbonyl (C=O) groups excluding carboxylic acids is 2. The molecule has 0 aliphatic heterocycles. The van der Waals surface area contributed by atoms with Crippen molar-refractivity contribution in [3.63, 3.8) is 0 Å². The van der Waals surface area contributed by atoms with Gasteiger partial charge >= 0.3 is 11.9 Å². The van der Waals surface area contributed by atoms with E-state index >= 15 is 0 Å². The predicted octanol–water partition coefficient (Wildman–Crippen LogP) is 3.47. The standard InChI is InChI=1S/C23H42O8/c1-4-5-6-7-8-9-10-22(24)30-19-17-28-15-13-26-11-12-27-14-16-29-18-20-31-23(25)21(2)3/h2,4-20H2,1,3H3. The van der Waals surface area contributed by atoms with Gasteiger partial charge in [-0.3, -0.25) is 4.79 Å². The Morgan fingerprint density at radius 1 is 0.613 bits per heavy atom. The number of hydrogen-bond donors (Lipinski definition) is 0. The third-order valence-corrected chi connectivity index (χ3v) is 4.15. The number of esters is 2. The molecule has 0 aliphatic carbocycles. The Kier molecular flexibility index (Phi) is 22.1. The van der Waals surface area contributed by atoms with Crippen molar-refractivity contribution < 1.29 is 38.0 Å². The molecule has 0 spiro atoms. The lowest BCUT2D eigenvalue weighted by molar-refractivity contribution is -0.145. The van der Waals surface area contributed by atoms with Gasteiger partial charge in [-0.2, -0.15) is 0 Å². The van der Waals surface area contributed by atoms with E-state index in [9.17, 15) is 9.59 Å². The van der Waals surface area contributed by atoms with E-state index in [1.807, 2.05) is 0 Å². The maximum absolute atomic E-state index is 11.6. The van der Waals surface area contributed by atoms with Gasteiger partial charge in [0.25, 0.3) is 0 Å². The first-order valence-electron chi connectivity index (χ1n) is 11.4. The summed E-state index contributed by atoms with van der Waals surface area (Å²) < 4.78 is 31.4. The van der Waals surface area contributed by atoms with Crippen LogP contribution in [0.2, 0.25) is 0 Å². The van der Waals surface area contributed by atoms with Crippen LogP contribution < -0.4 is 0 Å². The number of ether oxygens (including phenoxy) is 6. The molecule has 182 valence electrons. The third kappa shape index (κ3) is 23.0. The van der Waals surface area contributed by atoms with E-state index in [4.69, 9.17) is 28.4 Å². The molecule has 0 aromatic rings. The van der Waals surface area contributed by atoms with Crippen molar-refractivity contribution in [2.75, 3.05) is 66.1 Å². The van der Waals surface area contributed by atoms with Crippen LogP contribution in [0.25, 0.3) is 0 Å². The van der Waals surface area contributed by atoms with Gasteiger partial charge in [0.1, 0.15) is 13.2 Å². The van der Waals surface area contributed by atoms with Gasteiger partial charge < -0.3 is 28.4 Å². The van der Waals surface area contributed by atoms with E-state index in [-0.39, 0.29) is 19.2 Å². The molecule has 0 aromatic heterocycles. The van der Waals surface area contributed by atoms with Crippen molar-refractivity contribution in [2.45, 2.75) is 58.8 Å². The predicted molar refractivity (Wildman–Crippen MR) is 118 cm³/mol. The molecule has 0 amide bonds. The summed E-state index contributed by atoms with van der Waals surface area (Å²) in [6.45, 7) is 11.2. The van der Waals surface area contributed by atoms with E-state index in [0.717, 1.165) is 12.8 Å². The van der Waals surface area contributed by atoms with E-state index < -0.39 is 5.97 Å². The first-order valence-corrected chi connectivity index (χ1v) is 11.4. The molecule has 0 N–H and O–H groups in total. The lowest BCUT2D eigenvalue weighted by Gasteiger charge is -2.08. The highest BCUT2D eigenvalue weighted by Gasteiger charge is 2.03. The summed E-state index contributed by atoms with van der Waals surface area (Å²) in [4.78, 5) is 22.7. The highest BCUT2D eigenvalue weighted by molar-refractivity contribution is 5.86. The minimum atomic E-state index is -0.412. The van der Waals surface area contributed by atoms with Crippen molar-refractivity contribution in [3.8, 4) is 0 Å². The summed E-state index contributed by atoms with van der Waals surface area (Å²) in [5.41, 5.74) is 0.371. The van der Waals surface area contributed by atoms with Gasteiger partial charge in [0.05, 0.1) is 52.9 Å². The normalized spacial score (nSPS) is 10.8.